The van der Waals surface area contributed by atoms with Crippen LogP contribution in [0.2, 0.25) is 0 Å². The normalized spacial score (nSPS) is 10.2. The van der Waals surface area contributed by atoms with Crippen LogP contribution in [0.15, 0.2) is 182 Å². The van der Waals surface area contributed by atoms with E-state index in [-0.39, 0.29) is 0 Å². The molecule has 0 aromatic heterocycles. The van der Waals surface area contributed by atoms with Gasteiger partial charge in [-0.15, -0.1) is 0 Å². The van der Waals surface area contributed by atoms with Crippen molar-refractivity contribution in [1.29, 1.82) is 0 Å². The summed E-state index contributed by atoms with van der Waals surface area (Å²) in [5, 5.41) is 8.39. The summed E-state index contributed by atoms with van der Waals surface area (Å²) in [5.41, 5.74) is 0. The van der Waals surface area contributed by atoms with Gasteiger partial charge in [-0.1, -0.05) is 182 Å². The van der Waals surface area contributed by atoms with E-state index in [1.165, 1.54) is 31.8 Å². The van der Waals surface area contributed by atoms with Crippen molar-refractivity contribution < 1.29 is 17.2 Å². The number of rotatable bonds is 6. The second-order valence-corrected chi connectivity index (χ2v) is 13.1. The third-order valence-corrected chi connectivity index (χ3v) is 11.0. The van der Waals surface area contributed by atoms with Crippen LogP contribution >= 0.6 is 29.3 Å². The van der Waals surface area contributed by atoms with E-state index in [2.05, 4.69) is 213 Å². The quantitative estimate of drug-likeness (QED) is 0.123. The smallest absolute Gasteiger partial charge is 0.0134 e. The van der Waals surface area contributed by atoms with E-state index < -0.39 is 15.8 Å². The monoisotopic (exact) mass is 709 g/mol. The molecule has 0 saturated carbocycles. The topological polar surface area (TPSA) is 0 Å². The molecule has 0 radical (unpaired) electrons. The first-order valence-corrected chi connectivity index (χ1v) is 19.2. The molecule has 0 aliphatic heterocycles. The molecule has 0 atom stereocenters. The van der Waals surface area contributed by atoms with Crippen molar-refractivity contribution >= 4 is 61.1 Å². The van der Waals surface area contributed by atoms with Crippen LogP contribution in [0.1, 0.15) is 0 Å². The maximum absolute atomic E-state index is 2.79. The predicted octanol–water partition coefficient (Wildman–Crippen LogP) is 7.73. The van der Waals surface area contributed by atoms with Crippen LogP contribution in [0.5, 0.6) is 0 Å². The predicted molar refractivity (Wildman–Crippen MR) is 179 cm³/mol. The molecule has 0 spiro atoms. The van der Waals surface area contributed by atoms with E-state index in [9.17, 15) is 0 Å². The molecule has 201 valence electrons. The third kappa shape index (κ3) is 8.66. The minimum atomic E-state index is -0.446. The second kappa shape index (κ2) is 17.2. The molecule has 0 heterocycles. The minimum Gasteiger partial charge on any atom is -0.0622 e. The van der Waals surface area contributed by atoms with Crippen molar-refractivity contribution in [3.63, 3.8) is 0 Å². The van der Waals surface area contributed by atoms with Crippen LogP contribution in [0, 0.1) is 0 Å². The molecule has 0 aliphatic carbocycles. The van der Waals surface area contributed by atoms with Gasteiger partial charge in [0.2, 0.25) is 0 Å². The maximum atomic E-state index is 2.79. The van der Waals surface area contributed by atoms with Crippen LogP contribution in [-0.4, -0.2) is 0 Å². The van der Waals surface area contributed by atoms with Gasteiger partial charge in [-0.2, -0.15) is 0 Å². The summed E-state index contributed by atoms with van der Waals surface area (Å²) < 4.78 is 0. The van der Waals surface area contributed by atoms with Crippen LogP contribution in [0.3, 0.4) is 0 Å². The summed E-state index contributed by atoms with van der Waals surface area (Å²) in [4.78, 5) is 0. The van der Waals surface area contributed by atoms with Gasteiger partial charge in [-0.3, -0.25) is 0 Å². The summed E-state index contributed by atoms with van der Waals surface area (Å²) in [6.07, 6.45) is 0. The fourth-order valence-corrected chi connectivity index (χ4v) is 8.97. The Morgan fingerprint density at radius 1 is 0.250 bits per heavy atom. The molecule has 0 amide bonds. The molecule has 0 nitrogen and oxygen atoms in total. The molecule has 0 saturated heterocycles. The Morgan fingerprint density at radius 2 is 0.375 bits per heavy atom. The first kappa shape index (κ1) is 30.3. The largest absolute Gasteiger partial charge is 0.0622 e. The number of hydrogen-bond acceptors (Lipinski definition) is 0. The Labute approximate surface area is 258 Å². The van der Waals surface area contributed by atoms with E-state index in [1.807, 2.05) is 0 Å². The van der Waals surface area contributed by atoms with Crippen molar-refractivity contribution in [3.05, 3.63) is 182 Å². The first-order chi connectivity index (χ1) is 19.9. The number of benzene rings is 6. The van der Waals surface area contributed by atoms with Gasteiger partial charge in [-0.05, 0) is 47.7 Å². The first-order valence-electron chi connectivity index (χ1n) is 12.9. The van der Waals surface area contributed by atoms with Gasteiger partial charge in [0, 0.05) is 0 Å². The van der Waals surface area contributed by atoms with Crippen molar-refractivity contribution in [2.45, 2.75) is 0 Å². The fraction of sp³-hybridized carbons (Fsp3) is 0. The van der Waals surface area contributed by atoms with Crippen molar-refractivity contribution in [2.75, 3.05) is 0 Å². The molecule has 0 bridgehead atoms. The molecule has 6 aromatic carbocycles. The van der Waals surface area contributed by atoms with Gasteiger partial charge in [0.15, 0.2) is 0 Å². The zero-order valence-corrected chi connectivity index (χ0v) is 26.8. The Hall–Kier alpha value is -2.68. The average molecular weight is 711 g/mol. The molecular formula is C36H30BrP2Pd. The van der Waals surface area contributed by atoms with Crippen molar-refractivity contribution in [3.8, 4) is 0 Å². The minimum absolute atomic E-state index is 0.446. The van der Waals surface area contributed by atoms with Gasteiger partial charge < -0.3 is 0 Å². The van der Waals surface area contributed by atoms with Crippen molar-refractivity contribution in [2.24, 2.45) is 0 Å². The van der Waals surface area contributed by atoms with E-state index >= 15 is 0 Å². The standard InChI is InChI=1S/2C18H15P.BrH.Pd/c2*1-4-10-16(11-5-1)19(17-12-6-2-7-13-17)18-14-8-3-9-15-18;;/h2*1-15H;1H;/q;;;+1/p-1. The Kier molecular flexibility index (Phi) is 13.0. The summed E-state index contributed by atoms with van der Waals surface area (Å²) in [5.74, 6) is 0. The van der Waals surface area contributed by atoms with E-state index in [1.54, 1.807) is 0 Å². The van der Waals surface area contributed by atoms with Crippen molar-refractivity contribution in [1.82, 2.24) is 0 Å². The van der Waals surface area contributed by atoms with Crippen LogP contribution in [0.4, 0.5) is 0 Å². The SMILES string of the molecule is [Br][Pd].c1ccc(P(c2ccccc2)c2ccccc2)cc1.c1ccc(P(c2ccccc2)c2ccccc2)cc1. The van der Waals surface area contributed by atoms with E-state index in [0.29, 0.717) is 0 Å². The van der Waals surface area contributed by atoms with Crippen LogP contribution in [-0.2, 0) is 17.2 Å². The van der Waals surface area contributed by atoms with E-state index in [0.717, 1.165) is 0 Å². The average Bonchev–Trinajstić information content (AvgIpc) is 3.06. The Bertz CT molecular complexity index is 1180. The number of halogens is 1. The van der Waals surface area contributed by atoms with Gasteiger partial charge in [0.05, 0.1) is 0 Å². The van der Waals surface area contributed by atoms with Crippen LogP contribution in [0.25, 0.3) is 0 Å². The molecule has 6 rings (SSSR count). The maximum Gasteiger partial charge on any atom is -0.0134 e. The molecule has 0 aliphatic rings. The molecule has 0 unspecified atom stereocenters. The fourth-order valence-electron chi connectivity index (χ4n) is 4.36. The molecule has 40 heavy (non-hydrogen) atoms. The summed E-state index contributed by atoms with van der Waals surface area (Å²) in [6.45, 7) is 0. The van der Waals surface area contributed by atoms with Gasteiger partial charge >= 0.3 is 30.6 Å². The Morgan fingerprint density at radius 3 is 0.500 bits per heavy atom. The molecule has 6 aromatic rings. The van der Waals surface area contributed by atoms with Crippen LogP contribution < -0.4 is 31.8 Å². The molecule has 4 heteroatoms. The molecule has 0 N–H and O–H groups in total. The molecule has 0 fully saturated rings. The summed E-state index contributed by atoms with van der Waals surface area (Å²) in [6, 6.07) is 64.7. The Balaban J connectivity index is 0.000000174. The van der Waals surface area contributed by atoms with Gasteiger partial charge in [0.25, 0.3) is 0 Å². The molecular weight excluding hydrogens is 681 g/mol. The zero-order valence-electron chi connectivity index (χ0n) is 21.9. The summed E-state index contributed by atoms with van der Waals surface area (Å²) >= 11 is 5.35. The second-order valence-electron chi connectivity index (χ2n) is 8.68. The van der Waals surface area contributed by atoms with E-state index in [4.69, 9.17) is 0 Å². The zero-order chi connectivity index (χ0) is 27.8. The number of hydrogen-bond donors (Lipinski definition) is 0. The third-order valence-electron chi connectivity index (χ3n) is 6.09. The van der Waals surface area contributed by atoms with Gasteiger partial charge in [0.1, 0.15) is 0 Å². The summed E-state index contributed by atoms with van der Waals surface area (Å²) in [7, 11) is -0.892. The van der Waals surface area contributed by atoms with Gasteiger partial charge in [-0.25, -0.2) is 0 Å².